The number of anilines is 1. The number of fused-ring (bicyclic) bond motifs is 1. The van der Waals surface area contributed by atoms with Crippen LogP contribution in [0.4, 0.5) is 5.82 Å². The van der Waals surface area contributed by atoms with Crippen molar-refractivity contribution in [3.8, 4) is 5.75 Å². The molecule has 0 atom stereocenters. The van der Waals surface area contributed by atoms with Crippen molar-refractivity contribution >= 4 is 22.6 Å². The van der Waals surface area contributed by atoms with Crippen LogP contribution in [0.15, 0.2) is 30.5 Å². The predicted octanol–water partition coefficient (Wildman–Crippen LogP) is 4.06. The SMILES string of the molecule is COc1ccc2c(c1)cc(C(=O)Nc1c(C)cnn1C1CCCC1)n2C. The van der Waals surface area contributed by atoms with Gasteiger partial charge in [-0.15, -0.1) is 0 Å². The number of hydrogen-bond acceptors (Lipinski definition) is 3. The summed E-state index contributed by atoms with van der Waals surface area (Å²) in [5.41, 5.74) is 2.61. The molecule has 1 fully saturated rings. The standard InChI is InChI=1S/C20H24N4O2/c1-13-12-21-24(15-6-4-5-7-15)19(13)22-20(25)18-11-14-10-16(26-3)8-9-17(14)23(18)2/h8-12,15H,4-7H2,1-3H3,(H,22,25). The topological polar surface area (TPSA) is 61.1 Å². The van der Waals surface area contributed by atoms with Crippen LogP contribution in [0.25, 0.3) is 10.9 Å². The molecule has 0 spiro atoms. The molecule has 4 rings (SSSR count). The Morgan fingerprint density at radius 1 is 1.27 bits per heavy atom. The monoisotopic (exact) mass is 352 g/mol. The number of amides is 1. The fraction of sp³-hybridized carbons (Fsp3) is 0.400. The van der Waals surface area contributed by atoms with Gasteiger partial charge in [-0.3, -0.25) is 4.79 Å². The van der Waals surface area contributed by atoms with Crippen LogP contribution < -0.4 is 10.1 Å². The maximum atomic E-state index is 13.0. The van der Waals surface area contributed by atoms with Crippen LogP contribution in [0.5, 0.6) is 5.75 Å². The fourth-order valence-electron chi connectivity index (χ4n) is 3.87. The molecule has 2 heterocycles. The molecule has 0 saturated heterocycles. The van der Waals surface area contributed by atoms with Crippen LogP contribution in [0.2, 0.25) is 0 Å². The lowest BCUT2D eigenvalue weighted by Gasteiger charge is -2.15. The molecule has 1 N–H and O–H groups in total. The molecule has 1 amide bonds. The largest absolute Gasteiger partial charge is 0.497 e. The van der Waals surface area contributed by atoms with Crippen molar-refractivity contribution in [1.29, 1.82) is 0 Å². The van der Waals surface area contributed by atoms with E-state index in [1.165, 1.54) is 12.8 Å². The molecule has 1 saturated carbocycles. The molecule has 0 unspecified atom stereocenters. The first kappa shape index (κ1) is 16.7. The van der Waals surface area contributed by atoms with Gasteiger partial charge in [0.15, 0.2) is 0 Å². The molecule has 26 heavy (non-hydrogen) atoms. The Morgan fingerprint density at radius 3 is 2.77 bits per heavy atom. The van der Waals surface area contributed by atoms with Gasteiger partial charge in [-0.1, -0.05) is 12.8 Å². The molecular weight excluding hydrogens is 328 g/mol. The van der Waals surface area contributed by atoms with Crippen molar-refractivity contribution in [3.63, 3.8) is 0 Å². The molecular formula is C20H24N4O2. The number of benzene rings is 1. The highest BCUT2D eigenvalue weighted by molar-refractivity contribution is 6.06. The molecule has 6 nitrogen and oxygen atoms in total. The van der Waals surface area contributed by atoms with E-state index in [0.29, 0.717) is 11.7 Å². The third-order valence-electron chi connectivity index (χ3n) is 5.36. The number of aryl methyl sites for hydroxylation is 2. The smallest absolute Gasteiger partial charge is 0.273 e. The van der Waals surface area contributed by atoms with Gasteiger partial charge in [0, 0.05) is 23.5 Å². The summed E-state index contributed by atoms with van der Waals surface area (Å²) in [5.74, 6) is 1.47. The number of aromatic nitrogens is 3. The molecule has 0 bridgehead atoms. The van der Waals surface area contributed by atoms with E-state index in [4.69, 9.17) is 4.74 Å². The lowest BCUT2D eigenvalue weighted by atomic mass is 10.2. The van der Waals surface area contributed by atoms with Crippen LogP contribution in [-0.4, -0.2) is 27.4 Å². The minimum atomic E-state index is -0.120. The number of rotatable bonds is 4. The number of nitrogens with one attached hydrogen (secondary N) is 1. The summed E-state index contributed by atoms with van der Waals surface area (Å²) in [7, 11) is 3.55. The highest BCUT2D eigenvalue weighted by atomic mass is 16.5. The number of ether oxygens (including phenoxy) is 1. The van der Waals surface area contributed by atoms with E-state index in [-0.39, 0.29) is 5.91 Å². The van der Waals surface area contributed by atoms with Gasteiger partial charge in [0.1, 0.15) is 17.3 Å². The van der Waals surface area contributed by atoms with E-state index in [0.717, 1.165) is 40.9 Å². The summed E-state index contributed by atoms with van der Waals surface area (Å²) in [5, 5.41) is 8.59. The number of methoxy groups -OCH3 is 1. The van der Waals surface area contributed by atoms with Gasteiger partial charge >= 0.3 is 0 Å². The van der Waals surface area contributed by atoms with Gasteiger partial charge in [0.25, 0.3) is 5.91 Å². The van der Waals surface area contributed by atoms with E-state index in [1.54, 1.807) is 7.11 Å². The minimum absolute atomic E-state index is 0.120. The summed E-state index contributed by atoms with van der Waals surface area (Å²) in [6, 6.07) is 8.11. The quantitative estimate of drug-likeness (QED) is 0.770. The second-order valence-corrected chi connectivity index (χ2v) is 7.03. The van der Waals surface area contributed by atoms with Gasteiger partial charge in [-0.25, -0.2) is 4.68 Å². The van der Waals surface area contributed by atoms with E-state index >= 15 is 0 Å². The van der Waals surface area contributed by atoms with Crippen molar-refractivity contribution in [2.45, 2.75) is 38.6 Å². The molecule has 2 aromatic heterocycles. The summed E-state index contributed by atoms with van der Waals surface area (Å²) in [4.78, 5) is 13.0. The average molecular weight is 352 g/mol. The second kappa shape index (κ2) is 6.52. The Kier molecular flexibility index (Phi) is 4.18. The zero-order valence-corrected chi connectivity index (χ0v) is 15.5. The number of carbonyl (C=O) groups excluding carboxylic acids is 1. The summed E-state index contributed by atoms with van der Waals surface area (Å²) in [6.07, 6.45) is 6.53. The van der Waals surface area contributed by atoms with Crippen LogP contribution in [0, 0.1) is 6.92 Å². The Hall–Kier alpha value is -2.76. The summed E-state index contributed by atoms with van der Waals surface area (Å²) in [6.45, 7) is 1.99. The fourth-order valence-corrected chi connectivity index (χ4v) is 3.87. The highest BCUT2D eigenvalue weighted by Gasteiger charge is 2.23. The van der Waals surface area contributed by atoms with Crippen molar-refractivity contribution in [3.05, 3.63) is 41.7 Å². The van der Waals surface area contributed by atoms with Gasteiger partial charge in [-0.05, 0) is 44.0 Å². The molecule has 6 heteroatoms. The van der Waals surface area contributed by atoms with E-state index in [2.05, 4.69) is 10.4 Å². The zero-order chi connectivity index (χ0) is 18.3. The van der Waals surface area contributed by atoms with Crippen LogP contribution >= 0.6 is 0 Å². The van der Waals surface area contributed by atoms with Gasteiger partial charge in [-0.2, -0.15) is 5.10 Å². The first-order valence-electron chi connectivity index (χ1n) is 9.07. The van der Waals surface area contributed by atoms with Crippen LogP contribution in [0.3, 0.4) is 0 Å². The first-order valence-corrected chi connectivity index (χ1v) is 9.07. The Bertz CT molecular complexity index is 964. The maximum Gasteiger partial charge on any atom is 0.273 e. The molecule has 1 aliphatic carbocycles. The van der Waals surface area contributed by atoms with E-state index < -0.39 is 0 Å². The van der Waals surface area contributed by atoms with E-state index in [1.807, 2.05) is 53.7 Å². The Morgan fingerprint density at radius 2 is 2.04 bits per heavy atom. The lowest BCUT2D eigenvalue weighted by Crippen LogP contribution is -2.20. The van der Waals surface area contributed by atoms with Crippen molar-refractivity contribution in [2.75, 3.05) is 12.4 Å². The minimum Gasteiger partial charge on any atom is -0.497 e. The van der Waals surface area contributed by atoms with Crippen LogP contribution in [-0.2, 0) is 7.05 Å². The molecule has 136 valence electrons. The normalized spacial score (nSPS) is 14.9. The highest BCUT2D eigenvalue weighted by Crippen LogP contribution is 2.33. The van der Waals surface area contributed by atoms with Crippen molar-refractivity contribution in [1.82, 2.24) is 14.3 Å². The first-order chi connectivity index (χ1) is 12.6. The summed E-state index contributed by atoms with van der Waals surface area (Å²) >= 11 is 0. The molecule has 3 aromatic rings. The van der Waals surface area contributed by atoms with Crippen LogP contribution in [0.1, 0.15) is 47.8 Å². The number of nitrogens with zero attached hydrogens (tertiary/aromatic N) is 3. The molecule has 0 aliphatic heterocycles. The second-order valence-electron chi connectivity index (χ2n) is 7.03. The number of hydrogen-bond donors (Lipinski definition) is 1. The zero-order valence-electron chi connectivity index (χ0n) is 15.5. The van der Waals surface area contributed by atoms with E-state index in [9.17, 15) is 4.79 Å². The molecule has 1 aromatic carbocycles. The van der Waals surface area contributed by atoms with Crippen molar-refractivity contribution < 1.29 is 9.53 Å². The third kappa shape index (κ3) is 2.75. The van der Waals surface area contributed by atoms with Crippen molar-refractivity contribution in [2.24, 2.45) is 7.05 Å². The number of carbonyl (C=O) groups is 1. The molecule has 0 radical (unpaired) electrons. The maximum absolute atomic E-state index is 13.0. The third-order valence-corrected chi connectivity index (χ3v) is 5.36. The Balaban J connectivity index is 1.66. The predicted molar refractivity (Wildman–Crippen MR) is 102 cm³/mol. The van der Waals surface area contributed by atoms with Gasteiger partial charge in [0.05, 0.1) is 19.3 Å². The lowest BCUT2D eigenvalue weighted by molar-refractivity contribution is 0.101. The molecule has 1 aliphatic rings. The van der Waals surface area contributed by atoms with Gasteiger partial charge < -0.3 is 14.6 Å². The average Bonchev–Trinajstić information content (AvgIpc) is 3.36. The Labute approximate surface area is 152 Å². The summed E-state index contributed by atoms with van der Waals surface area (Å²) < 4.78 is 9.19. The van der Waals surface area contributed by atoms with Gasteiger partial charge in [0.2, 0.25) is 0 Å².